The van der Waals surface area contributed by atoms with Gasteiger partial charge in [-0.1, -0.05) is 84.9 Å². The SMILES string of the molecule is N#CC1=CC(c2ccc3c(c2)c2cc(-c4cc(C#N)cc(C#N)c4)ccc2n3-c2ccc(-c3ccncc3)cc2-c2nc(-c3ccccc3)nc(-c3ccccc3)n2)=CC(C#N)C1. The molecule has 6 aromatic carbocycles. The third-order valence-corrected chi connectivity index (χ3v) is 11.3. The minimum absolute atomic E-state index is 0.376. The summed E-state index contributed by atoms with van der Waals surface area (Å²) >= 11 is 0. The van der Waals surface area contributed by atoms with Crippen LogP contribution in [0.25, 0.3) is 89.5 Å². The van der Waals surface area contributed by atoms with Crippen molar-refractivity contribution in [3.05, 3.63) is 192 Å². The van der Waals surface area contributed by atoms with Gasteiger partial charge in [0.05, 0.1) is 58.0 Å². The fourth-order valence-electron chi connectivity index (χ4n) is 8.28. The summed E-state index contributed by atoms with van der Waals surface area (Å²) in [5, 5.41) is 41.3. The lowest BCUT2D eigenvalue weighted by Crippen LogP contribution is -2.04. The third-order valence-electron chi connectivity index (χ3n) is 11.3. The van der Waals surface area contributed by atoms with Gasteiger partial charge in [-0.3, -0.25) is 4.98 Å². The summed E-state index contributed by atoms with van der Waals surface area (Å²) in [5.74, 6) is 1.13. The summed E-state index contributed by atoms with van der Waals surface area (Å²) in [6.07, 6.45) is 7.71. The molecule has 9 aromatic rings. The summed E-state index contributed by atoms with van der Waals surface area (Å²) in [5.41, 5.74) is 11.6. The maximum absolute atomic E-state index is 9.91. The molecule has 0 saturated carbocycles. The highest BCUT2D eigenvalue weighted by Crippen LogP contribution is 2.41. The summed E-state index contributed by atoms with van der Waals surface area (Å²) < 4.78 is 2.22. The van der Waals surface area contributed by atoms with Gasteiger partial charge in [0.2, 0.25) is 0 Å². The van der Waals surface area contributed by atoms with Crippen molar-refractivity contribution in [3.8, 4) is 86.4 Å². The van der Waals surface area contributed by atoms with Crippen LogP contribution in [0, 0.1) is 51.2 Å². The van der Waals surface area contributed by atoms with E-state index in [9.17, 15) is 21.0 Å². The van der Waals surface area contributed by atoms with Gasteiger partial charge in [0, 0.05) is 51.9 Å². The molecule has 3 aromatic heterocycles. The lowest BCUT2D eigenvalue weighted by molar-refractivity contribution is 0.818. The average Bonchev–Trinajstić information content (AvgIpc) is 3.69. The number of hydrogen-bond acceptors (Lipinski definition) is 8. The molecule has 0 radical (unpaired) electrons. The lowest BCUT2D eigenvalue weighted by Gasteiger charge is -2.17. The number of rotatable bonds is 7. The van der Waals surface area contributed by atoms with Gasteiger partial charge < -0.3 is 4.57 Å². The van der Waals surface area contributed by atoms with E-state index >= 15 is 0 Å². The van der Waals surface area contributed by atoms with E-state index in [-0.39, 0.29) is 0 Å². The van der Waals surface area contributed by atoms with Crippen LogP contribution < -0.4 is 0 Å². The van der Waals surface area contributed by atoms with Crippen LogP contribution in [0.4, 0.5) is 0 Å². The van der Waals surface area contributed by atoms with E-state index < -0.39 is 5.92 Å². The lowest BCUT2D eigenvalue weighted by atomic mass is 9.88. The van der Waals surface area contributed by atoms with Crippen molar-refractivity contribution in [2.75, 3.05) is 0 Å². The van der Waals surface area contributed by atoms with Gasteiger partial charge in [0.25, 0.3) is 0 Å². The van der Waals surface area contributed by atoms with E-state index in [2.05, 4.69) is 76.3 Å². The zero-order valence-electron chi connectivity index (χ0n) is 33.5. The molecule has 63 heavy (non-hydrogen) atoms. The van der Waals surface area contributed by atoms with Crippen molar-refractivity contribution in [3.63, 3.8) is 0 Å². The molecule has 1 aliphatic carbocycles. The molecule has 0 amide bonds. The minimum atomic E-state index is -0.423. The predicted octanol–water partition coefficient (Wildman–Crippen LogP) is 11.8. The van der Waals surface area contributed by atoms with Gasteiger partial charge in [-0.2, -0.15) is 21.0 Å². The molecule has 0 spiro atoms. The van der Waals surface area contributed by atoms with E-state index in [1.54, 1.807) is 30.6 Å². The summed E-state index contributed by atoms with van der Waals surface area (Å²) in [4.78, 5) is 19.6. The molecule has 1 aliphatic rings. The molecular weight excluding hydrogens is 775 g/mol. The number of aromatic nitrogens is 5. The number of pyridine rings is 1. The summed E-state index contributed by atoms with van der Waals surface area (Å²) in [6, 6.07) is 56.6. The first-order valence-electron chi connectivity index (χ1n) is 20.2. The molecule has 292 valence electrons. The molecule has 0 bridgehead atoms. The Morgan fingerprint density at radius 3 is 1.67 bits per heavy atom. The number of benzene rings is 6. The second-order valence-corrected chi connectivity index (χ2v) is 15.2. The fourth-order valence-corrected chi connectivity index (χ4v) is 8.28. The monoisotopic (exact) mass is 805 g/mol. The number of fused-ring (bicyclic) bond motifs is 3. The van der Waals surface area contributed by atoms with Crippen LogP contribution in [0.5, 0.6) is 0 Å². The van der Waals surface area contributed by atoms with Crippen LogP contribution >= 0.6 is 0 Å². The Kier molecular flexibility index (Phi) is 9.67. The zero-order valence-corrected chi connectivity index (χ0v) is 33.5. The van der Waals surface area contributed by atoms with Crippen LogP contribution in [0.2, 0.25) is 0 Å². The Bertz CT molecular complexity index is 3430. The number of nitriles is 4. The summed E-state index contributed by atoms with van der Waals surface area (Å²) in [7, 11) is 0. The maximum atomic E-state index is 9.91. The molecule has 0 saturated heterocycles. The zero-order chi connectivity index (χ0) is 42.9. The quantitative estimate of drug-likeness (QED) is 0.154. The molecule has 0 N–H and O–H groups in total. The Balaban J connectivity index is 1.27. The van der Waals surface area contributed by atoms with Gasteiger partial charge in [0.15, 0.2) is 17.5 Å². The standard InChI is InChI=1S/C54H31N9/c55-30-34-21-35(31-56)24-44(23-34)42-12-14-49-46(27-42)47-28-43(45-25-36(32-57)22-37(26-45)33-58)13-15-50(47)63(49)51-16-11-41(38-17-19-59-20-18-38)29-48(51)54-61-52(39-7-3-1-4-8-39)60-53(62-54)40-9-5-2-6-10-40/h1-21,23-29,36H,22H2. The Labute approximate surface area is 362 Å². The first-order chi connectivity index (χ1) is 31.0. The second-order valence-electron chi connectivity index (χ2n) is 15.2. The van der Waals surface area contributed by atoms with E-state index in [1.165, 1.54) is 0 Å². The van der Waals surface area contributed by atoms with Gasteiger partial charge >= 0.3 is 0 Å². The normalized spacial score (nSPS) is 13.3. The van der Waals surface area contributed by atoms with Crippen LogP contribution in [0.15, 0.2) is 176 Å². The van der Waals surface area contributed by atoms with Crippen molar-refractivity contribution < 1.29 is 0 Å². The van der Waals surface area contributed by atoms with Crippen molar-refractivity contribution in [2.24, 2.45) is 5.92 Å². The van der Waals surface area contributed by atoms with E-state index in [0.717, 1.165) is 77.6 Å². The molecule has 10 rings (SSSR count). The minimum Gasteiger partial charge on any atom is -0.308 e. The maximum Gasteiger partial charge on any atom is 0.166 e. The van der Waals surface area contributed by atoms with Crippen LogP contribution in [-0.2, 0) is 0 Å². The third kappa shape index (κ3) is 7.15. The van der Waals surface area contributed by atoms with E-state index in [1.807, 2.05) is 97.1 Å². The highest BCUT2D eigenvalue weighted by Gasteiger charge is 2.23. The number of allylic oxidation sites excluding steroid dienone is 4. The van der Waals surface area contributed by atoms with Gasteiger partial charge in [0.1, 0.15) is 0 Å². The molecule has 9 nitrogen and oxygen atoms in total. The molecule has 9 heteroatoms. The Morgan fingerprint density at radius 1 is 0.492 bits per heavy atom. The molecular formula is C54H31N9. The topological polar surface area (TPSA) is 152 Å². The van der Waals surface area contributed by atoms with Crippen LogP contribution in [0.3, 0.4) is 0 Å². The van der Waals surface area contributed by atoms with Crippen molar-refractivity contribution in [1.29, 1.82) is 21.0 Å². The van der Waals surface area contributed by atoms with E-state index in [4.69, 9.17) is 15.0 Å². The van der Waals surface area contributed by atoms with Gasteiger partial charge in [-0.05, 0) is 106 Å². The smallest absolute Gasteiger partial charge is 0.166 e. The summed E-state index contributed by atoms with van der Waals surface area (Å²) in [6.45, 7) is 0. The number of nitrogens with zero attached hydrogens (tertiary/aromatic N) is 9. The number of hydrogen-bond donors (Lipinski definition) is 0. The van der Waals surface area contributed by atoms with Crippen LogP contribution in [-0.4, -0.2) is 24.5 Å². The van der Waals surface area contributed by atoms with Gasteiger partial charge in [-0.25, -0.2) is 15.0 Å². The predicted molar refractivity (Wildman–Crippen MR) is 244 cm³/mol. The average molecular weight is 806 g/mol. The second kappa shape index (κ2) is 16.1. The highest BCUT2D eigenvalue weighted by atomic mass is 15.1. The molecule has 1 atom stereocenters. The highest BCUT2D eigenvalue weighted by molar-refractivity contribution is 6.12. The molecule has 0 fully saturated rings. The molecule has 1 unspecified atom stereocenters. The molecule has 0 aliphatic heterocycles. The van der Waals surface area contributed by atoms with Crippen molar-refractivity contribution >= 4 is 27.4 Å². The van der Waals surface area contributed by atoms with E-state index in [0.29, 0.717) is 40.6 Å². The van der Waals surface area contributed by atoms with Crippen LogP contribution in [0.1, 0.15) is 23.1 Å². The van der Waals surface area contributed by atoms with Gasteiger partial charge in [-0.15, -0.1) is 0 Å². The fraction of sp³-hybridized carbons (Fsp3) is 0.0370. The first-order valence-corrected chi connectivity index (χ1v) is 20.2. The largest absolute Gasteiger partial charge is 0.308 e. The Hall–Kier alpha value is -9.28. The Morgan fingerprint density at radius 2 is 1.06 bits per heavy atom. The molecule has 3 heterocycles. The van der Waals surface area contributed by atoms with Crippen molar-refractivity contribution in [1.82, 2.24) is 24.5 Å². The first kappa shape index (κ1) is 38.0. The van der Waals surface area contributed by atoms with Crippen molar-refractivity contribution in [2.45, 2.75) is 6.42 Å².